The second kappa shape index (κ2) is 10.1. The average molecular weight is 534 g/mol. The van der Waals surface area contributed by atoms with E-state index >= 15 is 0 Å². The van der Waals surface area contributed by atoms with Crippen LogP contribution >= 0.6 is 0 Å². The van der Waals surface area contributed by atoms with Crippen molar-refractivity contribution in [3.63, 3.8) is 0 Å². The van der Waals surface area contributed by atoms with Crippen molar-refractivity contribution in [1.29, 1.82) is 0 Å². The molecule has 10 heteroatoms. The van der Waals surface area contributed by atoms with Crippen molar-refractivity contribution in [3.05, 3.63) is 58.9 Å². The van der Waals surface area contributed by atoms with E-state index in [-0.39, 0.29) is 18.5 Å². The van der Waals surface area contributed by atoms with E-state index in [1.807, 2.05) is 19.2 Å². The minimum atomic E-state index is -2.41. The Labute approximate surface area is 226 Å². The molecule has 0 saturated heterocycles. The number of hydrogen-bond acceptors (Lipinski definition) is 7. The molecule has 0 saturated carbocycles. The van der Waals surface area contributed by atoms with Gasteiger partial charge in [-0.1, -0.05) is 19.9 Å². The van der Waals surface area contributed by atoms with E-state index in [0.717, 1.165) is 70.1 Å². The number of nitrogens with zero attached hydrogens (tertiary/aromatic N) is 5. The van der Waals surface area contributed by atoms with Gasteiger partial charge in [0.05, 0.1) is 25.2 Å². The largest absolute Gasteiger partial charge is 0.491 e. The van der Waals surface area contributed by atoms with E-state index < -0.39 is 6.43 Å². The highest BCUT2D eigenvalue weighted by molar-refractivity contribution is 5.78. The predicted molar refractivity (Wildman–Crippen MR) is 146 cm³/mol. The normalized spacial score (nSPS) is 16.6. The summed E-state index contributed by atoms with van der Waals surface area (Å²) in [5, 5.41) is 2.79. The van der Waals surface area contributed by atoms with Crippen molar-refractivity contribution >= 4 is 17.0 Å². The number of anilines is 1. The quantitative estimate of drug-likeness (QED) is 0.361. The van der Waals surface area contributed by atoms with Crippen LogP contribution in [0, 0.1) is 12.3 Å². The molecule has 1 aliphatic heterocycles. The lowest BCUT2D eigenvalue weighted by Gasteiger charge is -2.34. The molecule has 39 heavy (non-hydrogen) atoms. The Kier molecular flexibility index (Phi) is 6.66. The number of ether oxygens (including phenoxy) is 1. The van der Waals surface area contributed by atoms with E-state index in [4.69, 9.17) is 14.7 Å². The summed E-state index contributed by atoms with van der Waals surface area (Å²) in [7, 11) is 0. The molecule has 0 bridgehead atoms. The summed E-state index contributed by atoms with van der Waals surface area (Å²) in [5.41, 5.74) is 7.05. The van der Waals surface area contributed by atoms with Crippen LogP contribution in [0.3, 0.4) is 0 Å². The second-order valence-electron chi connectivity index (χ2n) is 11.3. The summed E-state index contributed by atoms with van der Waals surface area (Å²) in [5.74, 6) is 3.13. The molecule has 0 unspecified atom stereocenters. The number of imidazole rings is 1. The number of hydrogen-bond donors (Lipinski definition) is 2. The lowest BCUT2D eigenvalue weighted by atomic mass is 9.76. The van der Waals surface area contributed by atoms with Crippen LogP contribution in [0.5, 0.6) is 5.75 Å². The van der Waals surface area contributed by atoms with Gasteiger partial charge >= 0.3 is 0 Å². The highest BCUT2D eigenvalue weighted by Crippen LogP contribution is 2.39. The number of rotatable bonds is 6. The monoisotopic (exact) mass is 533 g/mol. The third-order valence-electron chi connectivity index (χ3n) is 7.52. The number of nitrogens with one attached hydrogen (secondary N) is 2. The number of fused-ring (bicyclic) bond motifs is 3. The van der Waals surface area contributed by atoms with Gasteiger partial charge in [-0.15, -0.1) is 0 Å². The molecular formula is C29H33F2N7O. The smallest absolute Gasteiger partial charge is 0.250 e. The van der Waals surface area contributed by atoms with Crippen molar-refractivity contribution in [2.24, 2.45) is 5.41 Å². The SMILES string of the molecule is Cc1nc2ncc(-c3ccc4c(c3)CN(c3nc(CNCC(F)F)nc5c3CC(C)(C)CC5)CCO4)cc2[nH]1. The summed E-state index contributed by atoms with van der Waals surface area (Å²) < 4.78 is 31.7. The number of halogens is 2. The van der Waals surface area contributed by atoms with E-state index in [1.54, 1.807) is 0 Å². The Morgan fingerprint density at radius 2 is 2.03 bits per heavy atom. The molecule has 204 valence electrons. The Morgan fingerprint density at radius 3 is 2.87 bits per heavy atom. The van der Waals surface area contributed by atoms with Gasteiger partial charge in [0.15, 0.2) is 5.65 Å². The zero-order valence-corrected chi connectivity index (χ0v) is 22.5. The number of H-pyrrole nitrogens is 1. The fraction of sp³-hybridized carbons (Fsp3) is 0.448. The van der Waals surface area contributed by atoms with Crippen molar-refractivity contribution in [3.8, 4) is 16.9 Å². The molecule has 8 nitrogen and oxygen atoms in total. The summed E-state index contributed by atoms with van der Waals surface area (Å²) >= 11 is 0. The van der Waals surface area contributed by atoms with E-state index in [2.05, 4.69) is 57.2 Å². The van der Waals surface area contributed by atoms with E-state index in [0.29, 0.717) is 31.2 Å². The van der Waals surface area contributed by atoms with E-state index in [9.17, 15) is 8.78 Å². The maximum absolute atomic E-state index is 12.8. The minimum absolute atomic E-state index is 0.144. The predicted octanol–water partition coefficient (Wildman–Crippen LogP) is 4.99. The fourth-order valence-corrected chi connectivity index (χ4v) is 5.55. The summed E-state index contributed by atoms with van der Waals surface area (Å²) in [4.78, 5) is 24.2. The van der Waals surface area contributed by atoms with Crippen LogP contribution in [0.4, 0.5) is 14.6 Å². The number of aromatic nitrogens is 5. The standard InChI is InChI=1S/C29H33F2N7O/c1-17-34-23-11-19(13-33-27(23)35-17)18-4-5-24-20(10-18)16-38(8-9-39-24)28-21-12-29(2,3)7-6-22(21)36-26(37-28)15-32-14-25(30)31/h4-5,10-11,13,25,32H,6-9,12,14-16H2,1-3H3,(H,33,34,35). The first-order chi connectivity index (χ1) is 18.7. The Bertz CT molecular complexity index is 1520. The van der Waals surface area contributed by atoms with Crippen LogP contribution in [-0.2, 0) is 25.9 Å². The molecule has 6 rings (SSSR count). The van der Waals surface area contributed by atoms with Gasteiger partial charge in [-0.05, 0) is 55.4 Å². The number of alkyl halides is 2. The second-order valence-corrected chi connectivity index (χ2v) is 11.3. The van der Waals surface area contributed by atoms with Gasteiger partial charge in [-0.2, -0.15) is 0 Å². The van der Waals surface area contributed by atoms with Crippen LogP contribution < -0.4 is 15.0 Å². The molecule has 2 aliphatic rings. The molecule has 0 amide bonds. The number of pyridine rings is 1. The molecule has 1 aromatic carbocycles. The molecular weight excluding hydrogens is 500 g/mol. The third kappa shape index (κ3) is 5.43. The highest BCUT2D eigenvalue weighted by Gasteiger charge is 2.31. The van der Waals surface area contributed by atoms with Gasteiger partial charge in [0.25, 0.3) is 6.43 Å². The Morgan fingerprint density at radius 1 is 1.15 bits per heavy atom. The van der Waals surface area contributed by atoms with Gasteiger partial charge in [0.2, 0.25) is 0 Å². The molecule has 0 spiro atoms. The zero-order chi connectivity index (χ0) is 27.1. The van der Waals surface area contributed by atoms with Gasteiger partial charge in [0, 0.05) is 35.1 Å². The first-order valence-electron chi connectivity index (χ1n) is 13.4. The van der Waals surface area contributed by atoms with Gasteiger partial charge in [-0.3, -0.25) is 0 Å². The van der Waals surface area contributed by atoms with Gasteiger partial charge in [-0.25, -0.2) is 28.7 Å². The minimum Gasteiger partial charge on any atom is -0.491 e. The number of aryl methyl sites for hydroxylation is 2. The zero-order valence-electron chi connectivity index (χ0n) is 22.5. The first-order valence-corrected chi connectivity index (χ1v) is 13.4. The van der Waals surface area contributed by atoms with Crippen LogP contribution in [0.25, 0.3) is 22.3 Å². The molecule has 4 heterocycles. The highest BCUT2D eigenvalue weighted by atomic mass is 19.3. The molecule has 0 radical (unpaired) electrons. The molecule has 2 N–H and O–H groups in total. The number of aromatic amines is 1. The Balaban J connectivity index is 1.34. The van der Waals surface area contributed by atoms with Crippen LogP contribution in [0.2, 0.25) is 0 Å². The van der Waals surface area contributed by atoms with Gasteiger partial charge in [0.1, 0.15) is 29.8 Å². The maximum Gasteiger partial charge on any atom is 0.250 e. The molecule has 0 atom stereocenters. The summed E-state index contributed by atoms with van der Waals surface area (Å²) in [6.07, 6.45) is 2.20. The van der Waals surface area contributed by atoms with Crippen LogP contribution in [-0.4, -0.2) is 51.0 Å². The Hall–Kier alpha value is -3.66. The summed E-state index contributed by atoms with van der Waals surface area (Å²) in [6, 6.07) is 8.31. The molecule has 0 fully saturated rings. The van der Waals surface area contributed by atoms with Crippen LogP contribution in [0.15, 0.2) is 30.5 Å². The van der Waals surface area contributed by atoms with Crippen molar-refractivity contribution in [1.82, 2.24) is 30.2 Å². The maximum atomic E-state index is 12.8. The van der Waals surface area contributed by atoms with Crippen LogP contribution in [0.1, 0.15) is 48.7 Å². The molecule has 3 aromatic heterocycles. The summed E-state index contributed by atoms with van der Waals surface area (Å²) in [6.45, 7) is 8.11. The topological polar surface area (TPSA) is 91.9 Å². The van der Waals surface area contributed by atoms with Crippen molar-refractivity contribution in [2.75, 3.05) is 24.6 Å². The average Bonchev–Trinajstić information content (AvgIpc) is 3.13. The lowest BCUT2D eigenvalue weighted by molar-refractivity contribution is 0.145. The molecule has 4 aromatic rings. The van der Waals surface area contributed by atoms with Gasteiger partial charge < -0.3 is 19.9 Å². The number of benzene rings is 1. The first kappa shape index (κ1) is 25.6. The van der Waals surface area contributed by atoms with Crippen molar-refractivity contribution < 1.29 is 13.5 Å². The van der Waals surface area contributed by atoms with E-state index in [1.165, 1.54) is 0 Å². The molecule has 1 aliphatic carbocycles. The third-order valence-corrected chi connectivity index (χ3v) is 7.52. The fourth-order valence-electron chi connectivity index (χ4n) is 5.55. The lowest BCUT2D eigenvalue weighted by Crippen LogP contribution is -2.32. The van der Waals surface area contributed by atoms with Crippen molar-refractivity contribution in [2.45, 2.75) is 59.5 Å².